The molecule has 1 saturated heterocycles. The van der Waals surface area contributed by atoms with E-state index in [0.29, 0.717) is 37.4 Å². The number of aliphatic hydroxyl groups is 1. The fourth-order valence-electron chi connectivity index (χ4n) is 4.08. The minimum Gasteiger partial charge on any atom is -0.507 e. The van der Waals surface area contributed by atoms with Crippen LogP contribution < -0.4 is 4.74 Å². The zero-order chi connectivity index (χ0) is 23.4. The van der Waals surface area contributed by atoms with Crippen LogP contribution in [0.5, 0.6) is 5.75 Å². The van der Waals surface area contributed by atoms with Gasteiger partial charge in [-0.25, -0.2) is 4.98 Å². The van der Waals surface area contributed by atoms with Gasteiger partial charge in [-0.1, -0.05) is 42.0 Å². The summed E-state index contributed by atoms with van der Waals surface area (Å²) in [5.74, 6) is -0.732. The summed E-state index contributed by atoms with van der Waals surface area (Å²) < 4.78 is 7.46. The summed E-state index contributed by atoms with van der Waals surface area (Å²) >= 11 is 0. The number of hydrogen-bond acceptors (Lipinski definition) is 5. The maximum atomic E-state index is 13.1. The highest BCUT2D eigenvalue weighted by Gasteiger charge is 2.45. The van der Waals surface area contributed by atoms with Gasteiger partial charge < -0.3 is 19.3 Å². The molecule has 1 N–H and O–H groups in total. The summed E-state index contributed by atoms with van der Waals surface area (Å²) in [6, 6.07) is 13.9. The molecule has 1 aliphatic rings. The van der Waals surface area contributed by atoms with E-state index in [1.54, 1.807) is 29.6 Å². The lowest BCUT2D eigenvalue weighted by atomic mass is 9.95. The molecule has 33 heavy (non-hydrogen) atoms. The van der Waals surface area contributed by atoms with Crippen molar-refractivity contribution in [3.8, 4) is 5.75 Å². The average Bonchev–Trinajstić information content (AvgIpc) is 3.42. The highest BCUT2D eigenvalue weighted by molar-refractivity contribution is 6.46. The summed E-state index contributed by atoms with van der Waals surface area (Å²) in [6.07, 6.45) is 5.92. The van der Waals surface area contributed by atoms with Gasteiger partial charge in [0.15, 0.2) is 0 Å². The third-order valence-electron chi connectivity index (χ3n) is 5.75. The van der Waals surface area contributed by atoms with Crippen molar-refractivity contribution in [3.63, 3.8) is 0 Å². The molecular formula is C26H27N3O4. The molecule has 0 saturated carbocycles. The summed E-state index contributed by atoms with van der Waals surface area (Å²) in [5.41, 5.74) is 2.40. The van der Waals surface area contributed by atoms with E-state index in [-0.39, 0.29) is 11.3 Å². The second-order valence-electron chi connectivity index (χ2n) is 8.01. The van der Waals surface area contributed by atoms with E-state index >= 15 is 0 Å². The zero-order valence-electron chi connectivity index (χ0n) is 18.8. The molecule has 7 nitrogen and oxygen atoms in total. The third-order valence-corrected chi connectivity index (χ3v) is 5.75. The lowest BCUT2D eigenvalue weighted by Gasteiger charge is -2.25. The maximum absolute atomic E-state index is 13.1. The van der Waals surface area contributed by atoms with Gasteiger partial charge >= 0.3 is 0 Å². The summed E-state index contributed by atoms with van der Waals surface area (Å²) in [7, 11) is 0. The first kappa shape index (κ1) is 22.3. The van der Waals surface area contributed by atoms with Crippen LogP contribution in [0, 0.1) is 6.92 Å². The van der Waals surface area contributed by atoms with Crippen LogP contribution >= 0.6 is 0 Å². The lowest BCUT2D eigenvalue weighted by Crippen LogP contribution is -2.31. The molecule has 0 aliphatic carbocycles. The van der Waals surface area contributed by atoms with Crippen LogP contribution in [0.4, 0.5) is 0 Å². The van der Waals surface area contributed by atoms with Crippen molar-refractivity contribution in [3.05, 3.63) is 89.5 Å². The van der Waals surface area contributed by atoms with Crippen molar-refractivity contribution in [2.45, 2.75) is 32.9 Å². The van der Waals surface area contributed by atoms with Crippen LogP contribution in [0.1, 0.15) is 36.1 Å². The molecule has 0 spiro atoms. The van der Waals surface area contributed by atoms with Gasteiger partial charge in [0, 0.05) is 31.0 Å². The van der Waals surface area contributed by atoms with Gasteiger partial charge in [0.2, 0.25) is 0 Å². The predicted molar refractivity (Wildman–Crippen MR) is 125 cm³/mol. The molecule has 170 valence electrons. The van der Waals surface area contributed by atoms with E-state index in [9.17, 15) is 14.7 Å². The number of amides is 1. The molecule has 7 heteroatoms. The number of imidazole rings is 1. The minimum atomic E-state index is -0.676. The van der Waals surface area contributed by atoms with E-state index in [0.717, 1.165) is 11.1 Å². The van der Waals surface area contributed by atoms with Gasteiger partial charge in [0.25, 0.3) is 11.7 Å². The maximum Gasteiger partial charge on any atom is 0.295 e. The van der Waals surface area contributed by atoms with E-state index < -0.39 is 17.7 Å². The van der Waals surface area contributed by atoms with Crippen molar-refractivity contribution < 1.29 is 19.4 Å². The molecule has 1 aromatic heterocycles. The Morgan fingerprint density at radius 3 is 2.42 bits per heavy atom. The number of aryl methyl sites for hydroxylation is 2. The summed E-state index contributed by atoms with van der Waals surface area (Å²) in [4.78, 5) is 31.7. The topological polar surface area (TPSA) is 84.7 Å². The van der Waals surface area contributed by atoms with Crippen molar-refractivity contribution >= 4 is 17.4 Å². The van der Waals surface area contributed by atoms with Crippen LogP contribution in [-0.4, -0.2) is 44.4 Å². The molecule has 1 atom stereocenters. The zero-order valence-corrected chi connectivity index (χ0v) is 18.8. The van der Waals surface area contributed by atoms with Crippen molar-refractivity contribution in [1.29, 1.82) is 0 Å². The van der Waals surface area contributed by atoms with Gasteiger partial charge in [-0.3, -0.25) is 9.59 Å². The van der Waals surface area contributed by atoms with E-state index in [1.807, 2.05) is 61.0 Å². The Kier molecular flexibility index (Phi) is 6.58. The Morgan fingerprint density at radius 1 is 1.06 bits per heavy atom. The first-order valence-electron chi connectivity index (χ1n) is 11.0. The number of ether oxygens (including phenoxy) is 1. The Hall–Kier alpha value is -3.87. The molecule has 2 heterocycles. The average molecular weight is 446 g/mol. The third kappa shape index (κ3) is 4.67. The van der Waals surface area contributed by atoms with Crippen LogP contribution in [0.3, 0.4) is 0 Å². The van der Waals surface area contributed by atoms with Crippen molar-refractivity contribution in [2.24, 2.45) is 0 Å². The second-order valence-corrected chi connectivity index (χ2v) is 8.01. The summed E-state index contributed by atoms with van der Waals surface area (Å²) in [5, 5.41) is 11.1. The van der Waals surface area contributed by atoms with E-state index in [2.05, 4.69) is 4.98 Å². The number of aliphatic hydroxyl groups excluding tert-OH is 1. The normalized spacial score (nSPS) is 17.5. The lowest BCUT2D eigenvalue weighted by molar-refractivity contribution is -0.139. The monoisotopic (exact) mass is 445 g/mol. The number of carbonyl (C=O) groups excluding carboxylic acids is 2. The van der Waals surface area contributed by atoms with E-state index in [4.69, 9.17) is 4.74 Å². The van der Waals surface area contributed by atoms with Gasteiger partial charge in [-0.05, 0) is 38.0 Å². The number of Topliss-reactive ketones (excluding diaryl/α,β-unsaturated/α-hetero) is 1. The van der Waals surface area contributed by atoms with Crippen molar-refractivity contribution in [2.75, 3.05) is 13.2 Å². The molecule has 1 unspecified atom stereocenters. The Bertz CT molecular complexity index is 1150. The Labute approximate surface area is 192 Å². The molecule has 0 radical (unpaired) electrons. The van der Waals surface area contributed by atoms with Crippen LogP contribution in [0.25, 0.3) is 5.76 Å². The second kappa shape index (κ2) is 9.73. The molecule has 2 aromatic carbocycles. The largest absolute Gasteiger partial charge is 0.507 e. The number of rotatable bonds is 8. The van der Waals surface area contributed by atoms with Crippen LogP contribution in [0.15, 0.2) is 72.8 Å². The first-order valence-corrected chi connectivity index (χ1v) is 11.0. The number of benzene rings is 2. The van der Waals surface area contributed by atoms with Gasteiger partial charge in [0.1, 0.15) is 11.5 Å². The fourth-order valence-corrected chi connectivity index (χ4v) is 4.08. The number of hydrogen-bond donors (Lipinski definition) is 1. The van der Waals surface area contributed by atoms with Crippen molar-refractivity contribution in [1.82, 2.24) is 14.5 Å². The molecule has 1 fully saturated rings. The number of ketones is 1. The number of nitrogens with zero attached hydrogens (tertiary/aromatic N) is 3. The molecular weight excluding hydrogens is 418 g/mol. The van der Waals surface area contributed by atoms with Gasteiger partial charge in [0.05, 0.1) is 24.5 Å². The molecule has 1 amide bonds. The fraction of sp³-hybridized carbons (Fsp3) is 0.269. The van der Waals surface area contributed by atoms with Crippen LogP contribution in [-0.2, 0) is 16.1 Å². The quantitative estimate of drug-likeness (QED) is 0.321. The number of likely N-dealkylation sites (tertiary alicyclic amines) is 1. The number of carbonyl (C=O) groups is 2. The predicted octanol–water partition coefficient (Wildman–Crippen LogP) is 4.10. The molecule has 3 aromatic rings. The Balaban J connectivity index is 1.71. The van der Waals surface area contributed by atoms with Gasteiger partial charge in [-0.15, -0.1) is 0 Å². The first-order chi connectivity index (χ1) is 16.0. The summed E-state index contributed by atoms with van der Waals surface area (Å²) in [6.45, 7) is 5.43. The smallest absolute Gasteiger partial charge is 0.295 e. The Morgan fingerprint density at radius 2 is 1.79 bits per heavy atom. The standard InChI is InChI=1S/C26H27N3O4/c1-3-33-21-11-9-19(10-12-21)23-22(24(30)20-7-5-18(2)6-8-20)25(31)26(32)29(23)15-4-14-28-16-13-27-17-28/h5-13,16-17,23,30H,3-4,14-15H2,1-2H3. The highest BCUT2D eigenvalue weighted by Crippen LogP contribution is 2.40. The highest BCUT2D eigenvalue weighted by atomic mass is 16.5. The minimum absolute atomic E-state index is 0.107. The molecule has 4 rings (SSSR count). The van der Waals surface area contributed by atoms with E-state index in [1.165, 1.54) is 0 Å². The number of aromatic nitrogens is 2. The van der Waals surface area contributed by atoms with Gasteiger partial charge in [-0.2, -0.15) is 0 Å². The molecule has 0 bridgehead atoms. The SMILES string of the molecule is CCOc1ccc(C2C(=C(O)c3ccc(C)cc3)C(=O)C(=O)N2CCCn2ccnc2)cc1. The van der Waals surface area contributed by atoms with Crippen LogP contribution in [0.2, 0.25) is 0 Å². The molecule has 1 aliphatic heterocycles.